The van der Waals surface area contributed by atoms with E-state index >= 15 is 0 Å². The van der Waals surface area contributed by atoms with Gasteiger partial charge in [0.1, 0.15) is 0 Å². The molecule has 4 aromatic rings. The largest absolute Gasteiger partial charge is 0.323 e. The molecule has 3 N–H and O–H groups in total. The number of fused-ring (bicyclic) bond motifs is 1. The Labute approximate surface area is 152 Å². The standard InChI is InChI=1S/C17H13N7OS/c25-16(22-12-2-1-5-18-9-12)21-11-3-4-13-14(8-11)23-24-15(13)10-20-17-19-6-7-26-17/h1-10H,(H,23,24)(H2,21,22,25)/b20-10+. The minimum absolute atomic E-state index is 0.349. The van der Waals surface area contributed by atoms with Gasteiger partial charge in [-0.15, -0.1) is 11.3 Å². The number of urea groups is 1. The number of amides is 2. The fourth-order valence-electron chi connectivity index (χ4n) is 2.34. The molecule has 0 radical (unpaired) electrons. The molecular formula is C17H13N7OS. The highest BCUT2D eigenvalue weighted by atomic mass is 32.1. The first kappa shape index (κ1) is 15.9. The van der Waals surface area contributed by atoms with Crippen LogP contribution >= 0.6 is 11.3 Å². The van der Waals surface area contributed by atoms with Gasteiger partial charge in [0.2, 0.25) is 5.13 Å². The number of benzene rings is 1. The van der Waals surface area contributed by atoms with Gasteiger partial charge in [0.25, 0.3) is 0 Å². The van der Waals surface area contributed by atoms with E-state index in [0.717, 1.165) is 16.6 Å². The van der Waals surface area contributed by atoms with Crippen LogP contribution < -0.4 is 10.6 Å². The summed E-state index contributed by atoms with van der Waals surface area (Å²) in [7, 11) is 0. The number of hydrogen-bond donors (Lipinski definition) is 3. The van der Waals surface area contributed by atoms with Crippen molar-refractivity contribution in [2.24, 2.45) is 4.99 Å². The van der Waals surface area contributed by atoms with Crippen molar-refractivity contribution in [1.29, 1.82) is 0 Å². The van der Waals surface area contributed by atoms with Crippen LogP contribution in [0.4, 0.5) is 21.3 Å². The molecule has 0 bridgehead atoms. The lowest BCUT2D eigenvalue weighted by atomic mass is 10.2. The second-order valence-electron chi connectivity index (χ2n) is 5.26. The van der Waals surface area contributed by atoms with Crippen LogP contribution in [-0.2, 0) is 0 Å². The number of rotatable bonds is 4. The number of thiazole rings is 1. The van der Waals surface area contributed by atoms with Crippen molar-refractivity contribution >= 4 is 51.0 Å². The topological polar surface area (TPSA) is 108 Å². The third-order valence-electron chi connectivity index (χ3n) is 3.49. The van der Waals surface area contributed by atoms with E-state index in [1.807, 2.05) is 11.4 Å². The van der Waals surface area contributed by atoms with E-state index in [2.05, 4.69) is 35.8 Å². The van der Waals surface area contributed by atoms with Crippen LogP contribution in [0.15, 0.2) is 59.3 Å². The summed E-state index contributed by atoms with van der Waals surface area (Å²) in [5.41, 5.74) is 2.76. The summed E-state index contributed by atoms with van der Waals surface area (Å²) in [5, 5.41) is 16.1. The second-order valence-corrected chi connectivity index (χ2v) is 6.14. The average molecular weight is 363 g/mol. The number of pyridine rings is 1. The van der Waals surface area contributed by atoms with Crippen LogP contribution in [0, 0.1) is 0 Å². The number of nitrogens with zero attached hydrogens (tertiary/aromatic N) is 4. The van der Waals surface area contributed by atoms with Crippen molar-refractivity contribution in [3.05, 3.63) is 60.0 Å². The lowest BCUT2D eigenvalue weighted by Gasteiger charge is -2.07. The van der Waals surface area contributed by atoms with Crippen molar-refractivity contribution in [2.45, 2.75) is 0 Å². The Hall–Kier alpha value is -3.59. The third-order valence-corrected chi connectivity index (χ3v) is 4.16. The summed E-state index contributed by atoms with van der Waals surface area (Å²) >= 11 is 1.46. The molecule has 0 fully saturated rings. The number of carbonyl (C=O) groups is 1. The predicted octanol–water partition coefficient (Wildman–Crippen LogP) is 3.81. The molecule has 0 saturated carbocycles. The van der Waals surface area contributed by atoms with Gasteiger partial charge in [-0.05, 0) is 30.3 Å². The van der Waals surface area contributed by atoms with Gasteiger partial charge >= 0.3 is 6.03 Å². The Bertz CT molecular complexity index is 1060. The number of hydrogen-bond acceptors (Lipinski definition) is 6. The summed E-state index contributed by atoms with van der Waals surface area (Å²) < 4.78 is 0. The number of nitrogens with one attached hydrogen (secondary N) is 3. The van der Waals surface area contributed by atoms with Crippen LogP contribution in [0.3, 0.4) is 0 Å². The van der Waals surface area contributed by atoms with Gasteiger partial charge in [-0.3, -0.25) is 10.1 Å². The van der Waals surface area contributed by atoms with Crippen molar-refractivity contribution in [1.82, 2.24) is 20.2 Å². The lowest BCUT2D eigenvalue weighted by Crippen LogP contribution is -2.19. The van der Waals surface area contributed by atoms with Crippen LogP contribution in [0.1, 0.15) is 5.69 Å². The number of carbonyl (C=O) groups excluding carboxylic acids is 1. The lowest BCUT2D eigenvalue weighted by molar-refractivity contribution is 0.262. The zero-order valence-corrected chi connectivity index (χ0v) is 14.2. The zero-order valence-electron chi connectivity index (χ0n) is 13.4. The van der Waals surface area contributed by atoms with Gasteiger partial charge in [-0.2, -0.15) is 5.10 Å². The van der Waals surface area contributed by atoms with Crippen LogP contribution in [0.5, 0.6) is 0 Å². The van der Waals surface area contributed by atoms with E-state index in [4.69, 9.17) is 0 Å². The molecule has 0 atom stereocenters. The highest BCUT2D eigenvalue weighted by Gasteiger charge is 2.07. The maximum atomic E-state index is 12.1. The van der Waals surface area contributed by atoms with Gasteiger partial charge < -0.3 is 10.6 Å². The SMILES string of the molecule is O=C(Nc1cccnc1)Nc1ccc2c(/C=N/c3nccs3)[nH]nc2c1. The first-order valence-electron chi connectivity index (χ1n) is 7.68. The first-order chi connectivity index (χ1) is 12.8. The van der Waals surface area contributed by atoms with E-state index in [1.54, 1.807) is 49.1 Å². The Morgan fingerprint density at radius 3 is 2.92 bits per heavy atom. The molecule has 128 valence electrons. The predicted molar refractivity (Wildman–Crippen MR) is 102 cm³/mol. The van der Waals surface area contributed by atoms with E-state index in [1.165, 1.54) is 11.3 Å². The smallest absolute Gasteiger partial charge is 0.308 e. The molecule has 0 aliphatic rings. The Morgan fingerprint density at radius 2 is 2.12 bits per heavy atom. The molecule has 3 aromatic heterocycles. The maximum absolute atomic E-state index is 12.1. The number of anilines is 2. The van der Waals surface area contributed by atoms with E-state index in [-0.39, 0.29) is 6.03 Å². The summed E-state index contributed by atoms with van der Waals surface area (Å²) in [6, 6.07) is 8.63. The molecule has 3 heterocycles. The van der Waals surface area contributed by atoms with Crippen LogP contribution in [0.25, 0.3) is 10.9 Å². The summed E-state index contributed by atoms with van der Waals surface area (Å²) in [4.78, 5) is 24.4. The van der Waals surface area contributed by atoms with Gasteiger partial charge in [-0.1, -0.05) is 0 Å². The average Bonchev–Trinajstić information content (AvgIpc) is 3.30. The van der Waals surface area contributed by atoms with Crippen molar-refractivity contribution < 1.29 is 4.79 Å². The fourth-order valence-corrected chi connectivity index (χ4v) is 2.82. The number of aliphatic imine (C=N–C) groups is 1. The van der Waals surface area contributed by atoms with E-state index in [9.17, 15) is 4.79 Å². The van der Waals surface area contributed by atoms with Gasteiger partial charge in [0.15, 0.2) is 0 Å². The number of H-pyrrole nitrogens is 1. The molecule has 9 heteroatoms. The first-order valence-corrected chi connectivity index (χ1v) is 8.55. The molecule has 1 aromatic carbocycles. The summed E-state index contributed by atoms with van der Waals surface area (Å²) in [5.74, 6) is 0. The Balaban J connectivity index is 1.49. The highest BCUT2D eigenvalue weighted by Crippen LogP contribution is 2.21. The Kier molecular flexibility index (Phi) is 4.35. The minimum atomic E-state index is -0.349. The normalized spacial score (nSPS) is 11.1. The molecule has 2 amide bonds. The molecule has 0 unspecified atom stereocenters. The third kappa shape index (κ3) is 3.57. The fraction of sp³-hybridized carbons (Fsp3) is 0. The zero-order chi connectivity index (χ0) is 17.8. The van der Waals surface area contributed by atoms with Crippen LogP contribution in [0.2, 0.25) is 0 Å². The van der Waals surface area contributed by atoms with Crippen molar-refractivity contribution in [2.75, 3.05) is 10.6 Å². The van der Waals surface area contributed by atoms with Crippen LogP contribution in [-0.4, -0.2) is 32.4 Å². The molecule has 0 saturated heterocycles. The van der Waals surface area contributed by atoms with E-state index in [0.29, 0.717) is 16.5 Å². The molecule has 4 rings (SSSR count). The monoisotopic (exact) mass is 363 g/mol. The molecule has 0 aliphatic carbocycles. The summed E-state index contributed by atoms with van der Waals surface area (Å²) in [6.07, 6.45) is 6.61. The van der Waals surface area contributed by atoms with Gasteiger partial charge in [0, 0.05) is 28.8 Å². The number of aromatic nitrogens is 4. The minimum Gasteiger partial charge on any atom is -0.308 e. The quantitative estimate of drug-likeness (QED) is 0.479. The molecule has 0 aliphatic heterocycles. The van der Waals surface area contributed by atoms with E-state index < -0.39 is 0 Å². The van der Waals surface area contributed by atoms with Crippen molar-refractivity contribution in [3.8, 4) is 0 Å². The summed E-state index contributed by atoms with van der Waals surface area (Å²) in [6.45, 7) is 0. The molecule has 26 heavy (non-hydrogen) atoms. The second kappa shape index (κ2) is 7.11. The molecule has 8 nitrogen and oxygen atoms in total. The maximum Gasteiger partial charge on any atom is 0.323 e. The molecule has 0 spiro atoms. The molecular weight excluding hydrogens is 350 g/mol. The van der Waals surface area contributed by atoms with Gasteiger partial charge in [0.05, 0.1) is 29.3 Å². The Morgan fingerprint density at radius 1 is 1.19 bits per heavy atom. The number of aromatic amines is 1. The highest BCUT2D eigenvalue weighted by molar-refractivity contribution is 7.13. The van der Waals surface area contributed by atoms with Gasteiger partial charge in [-0.25, -0.2) is 14.8 Å². The van der Waals surface area contributed by atoms with Crippen molar-refractivity contribution in [3.63, 3.8) is 0 Å².